The molecule has 0 saturated heterocycles. The molecule has 4 heterocycles. The van der Waals surface area contributed by atoms with Crippen LogP contribution < -0.4 is 0 Å². The number of benzene rings is 4. The average Bonchev–Trinajstić information content (AvgIpc) is 3.58. The molecule has 0 atom stereocenters. The second-order valence-corrected chi connectivity index (χ2v) is 11.3. The van der Waals surface area contributed by atoms with Crippen molar-refractivity contribution in [2.24, 2.45) is 0 Å². The van der Waals surface area contributed by atoms with Gasteiger partial charge in [-0.1, -0.05) is 61.0 Å². The van der Waals surface area contributed by atoms with Crippen LogP contribution in [0.25, 0.3) is 55.2 Å². The summed E-state index contributed by atoms with van der Waals surface area (Å²) in [6.07, 6.45) is -5.73. The zero-order valence-corrected chi connectivity index (χ0v) is 28.0. The van der Waals surface area contributed by atoms with Crippen LogP contribution in [0, 0.1) is 26.0 Å². The Morgan fingerprint density at radius 2 is 1.06 bits per heavy atom. The summed E-state index contributed by atoms with van der Waals surface area (Å²) in [6.45, 7) is 3.30. The van der Waals surface area contributed by atoms with E-state index in [9.17, 15) is 26.3 Å². The first-order chi connectivity index (χ1) is 22.9. The van der Waals surface area contributed by atoms with Gasteiger partial charge in [-0.15, -0.1) is 35.4 Å². The maximum atomic E-state index is 13.7. The Bertz CT molecular complexity index is 2440. The smallest absolute Gasteiger partial charge is 0.357 e. The molecule has 0 saturated carbocycles. The van der Waals surface area contributed by atoms with Crippen LogP contribution in [-0.2, 0) is 33.4 Å². The Morgan fingerprint density at radius 3 is 1.55 bits per heavy atom. The Hall–Kier alpha value is -4.95. The molecule has 0 fully saturated rings. The van der Waals surface area contributed by atoms with Crippen molar-refractivity contribution in [1.82, 2.24) is 19.1 Å². The number of pyridine rings is 2. The van der Waals surface area contributed by atoms with Crippen molar-refractivity contribution < 1.29 is 47.4 Å². The van der Waals surface area contributed by atoms with E-state index in [1.807, 2.05) is 47.0 Å². The molecular formula is C38H24F6N4Pt. The summed E-state index contributed by atoms with van der Waals surface area (Å²) < 4.78 is 84.1. The fraction of sp³-hybridized carbons (Fsp3) is 0.105. The maximum Gasteiger partial charge on any atom is 2.00 e. The molecule has 0 amide bonds. The van der Waals surface area contributed by atoms with Crippen molar-refractivity contribution in [2.75, 3.05) is 0 Å². The number of halogens is 6. The van der Waals surface area contributed by atoms with E-state index in [-0.39, 0.29) is 26.6 Å². The van der Waals surface area contributed by atoms with Crippen molar-refractivity contribution in [3.05, 3.63) is 144 Å². The van der Waals surface area contributed by atoms with Crippen molar-refractivity contribution in [2.45, 2.75) is 26.2 Å². The van der Waals surface area contributed by atoms with Crippen molar-refractivity contribution in [3.63, 3.8) is 0 Å². The van der Waals surface area contributed by atoms with Crippen molar-refractivity contribution in [3.8, 4) is 11.4 Å². The first kappa shape index (κ1) is 33.9. The molecule has 0 N–H and O–H groups in total. The molecule has 0 bridgehead atoms. The number of alkyl halides is 6. The molecule has 11 heteroatoms. The number of para-hydroxylation sites is 2. The summed E-state index contributed by atoms with van der Waals surface area (Å²) in [5.41, 5.74) is 4.29. The first-order valence-corrected chi connectivity index (χ1v) is 14.8. The van der Waals surface area contributed by atoms with E-state index in [1.54, 1.807) is 73.3 Å². The molecule has 0 spiro atoms. The van der Waals surface area contributed by atoms with Crippen LogP contribution in [0.3, 0.4) is 0 Å². The quantitative estimate of drug-likeness (QED) is 0.128. The summed E-state index contributed by atoms with van der Waals surface area (Å²) in [6, 6.07) is 33.5. The Kier molecular flexibility index (Phi) is 8.88. The van der Waals surface area contributed by atoms with Gasteiger partial charge in [0.05, 0.1) is 0 Å². The van der Waals surface area contributed by atoms with Gasteiger partial charge in [0.2, 0.25) is 0 Å². The molecule has 4 aromatic carbocycles. The van der Waals surface area contributed by atoms with Gasteiger partial charge in [-0.05, 0) is 70.7 Å². The van der Waals surface area contributed by atoms with Crippen LogP contribution in [0.4, 0.5) is 26.3 Å². The largest absolute Gasteiger partial charge is 2.00 e. The fourth-order valence-corrected chi connectivity index (χ4v) is 6.13. The van der Waals surface area contributed by atoms with Gasteiger partial charge in [0.25, 0.3) is 0 Å². The second kappa shape index (κ2) is 12.8. The van der Waals surface area contributed by atoms with Gasteiger partial charge in [0.15, 0.2) is 0 Å². The molecule has 0 aliphatic heterocycles. The molecule has 0 aliphatic carbocycles. The van der Waals surface area contributed by atoms with Gasteiger partial charge < -0.3 is 19.1 Å². The molecule has 0 radical (unpaired) electrons. The minimum absolute atomic E-state index is 0. The van der Waals surface area contributed by atoms with E-state index in [1.165, 1.54) is 0 Å². The number of hydrogen-bond acceptors (Lipinski definition) is 2. The standard InChI is InChI=1S/2C19H12F3N2.Pt/c1-12-10-13(19(20,21)22)11-15-17-16(8-5-9-23-17)24(18(12)15)14-6-3-2-4-7-14;1-12-10-14-17-16(8-5-9-23-17)24(13-6-3-2-4-7-13)18(14)15(11-12)19(20,21)22;/h2-10H,1H3;2-9,11H,1H3;/q2*-1;+2. The van der Waals surface area contributed by atoms with Crippen molar-refractivity contribution >= 4 is 43.9 Å². The van der Waals surface area contributed by atoms with Crippen LogP contribution >= 0.6 is 0 Å². The van der Waals surface area contributed by atoms with Gasteiger partial charge in [-0.3, -0.25) is 0 Å². The molecule has 4 aromatic heterocycles. The molecule has 49 heavy (non-hydrogen) atoms. The van der Waals surface area contributed by atoms with Crippen LogP contribution in [0.15, 0.2) is 109 Å². The zero-order valence-electron chi connectivity index (χ0n) is 25.8. The van der Waals surface area contributed by atoms with Crippen LogP contribution in [0.1, 0.15) is 22.3 Å². The number of rotatable bonds is 2. The summed E-state index contributed by atoms with van der Waals surface area (Å²) in [5.74, 6) is 0. The van der Waals surface area contributed by atoms with Crippen LogP contribution in [0.5, 0.6) is 0 Å². The molecule has 248 valence electrons. The van der Waals surface area contributed by atoms with E-state index >= 15 is 0 Å². The third kappa shape index (κ3) is 6.10. The maximum absolute atomic E-state index is 13.7. The Morgan fingerprint density at radius 1 is 0.571 bits per heavy atom. The first-order valence-electron chi connectivity index (χ1n) is 14.8. The number of aromatic nitrogens is 4. The number of aryl methyl sites for hydroxylation is 2. The molecule has 4 nitrogen and oxygen atoms in total. The second-order valence-electron chi connectivity index (χ2n) is 11.3. The van der Waals surface area contributed by atoms with E-state index in [4.69, 9.17) is 0 Å². The topological polar surface area (TPSA) is 35.6 Å². The van der Waals surface area contributed by atoms with Gasteiger partial charge >= 0.3 is 33.4 Å². The number of nitrogens with zero attached hydrogens (tertiary/aromatic N) is 4. The third-order valence-corrected chi connectivity index (χ3v) is 8.02. The predicted molar refractivity (Wildman–Crippen MR) is 174 cm³/mol. The SMILES string of the molecule is Cc1[c-]c2c3ncccc3n(-c3ccccc3)c2c(C(F)(F)F)c1.Cc1cc(C(F)(F)F)[c-]c2c3ncccc3n(-c3ccccc3)c12.[Pt+2]. The normalized spacial score (nSPS) is 11.9. The molecule has 0 unspecified atom stereocenters. The molecular weight excluding hydrogens is 822 g/mol. The summed E-state index contributed by atoms with van der Waals surface area (Å²) >= 11 is 0. The predicted octanol–water partition coefficient (Wildman–Crippen LogP) is 10.6. The molecule has 8 rings (SSSR count). The third-order valence-electron chi connectivity index (χ3n) is 8.02. The summed E-state index contributed by atoms with van der Waals surface area (Å²) in [5, 5.41) is 0.781. The fourth-order valence-electron chi connectivity index (χ4n) is 6.13. The van der Waals surface area contributed by atoms with E-state index < -0.39 is 23.5 Å². The van der Waals surface area contributed by atoms with E-state index in [0.717, 1.165) is 23.3 Å². The van der Waals surface area contributed by atoms with E-state index in [0.29, 0.717) is 49.7 Å². The zero-order chi connectivity index (χ0) is 33.8. The van der Waals surface area contributed by atoms with E-state index in [2.05, 4.69) is 22.1 Å². The van der Waals surface area contributed by atoms with Gasteiger partial charge in [0, 0.05) is 45.8 Å². The van der Waals surface area contributed by atoms with Crippen molar-refractivity contribution in [1.29, 1.82) is 0 Å². The Balaban J connectivity index is 0.000000167. The summed E-state index contributed by atoms with van der Waals surface area (Å²) in [4.78, 5) is 8.60. The van der Waals surface area contributed by atoms with Crippen LogP contribution in [0.2, 0.25) is 0 Å². The minimum atomic E-state index is -4.46. The number of fused-ring (bicyclic) bond motifs is 6. The molecule has 0 aliphatic rings. The van der Waals surface area contributed by atoms with Gasteiger partial charge in [-0.25, -0.2) is 0 Å². The summed E-state index contributed by atoms with van der Waals surface area (Å²) in [7, 11) is 0. The van der Waals surface area contributed by atoms with Gasteiger partial charge in [0.1, 0.15) is 0 Å². The minimum Gasteiger partial charge on any atom is -0.357 e. The van der Waals surface area contributed by atoms with Gasteiger partial charge in [-0.2, -0.15) is 26.3 Å². The molecule has 8 aromatic rings. The number of hydrogen-bond donors (Lipinski definition) is 0. The monoisotopic (exact) mass is 845 g/mol. The Labute approximate surface area is 290 Å². The average molecular weight is 846 g/mol. The van der Waals surface area contributed by atoms with Crippen LogP contribution in [-0.4, -0.2) is 19.1 Å².